The fourth-order valence-electron chi connectivity index (χ4n) is 2.43. The van der Waals surface area contributed by atoms with Gasteiger partial charge in [-0.15, -0.1) is 0 Å². The van der Waals surface area contributed by atoms with Crippen LogP contribution in [0.3, 0.4) is 0 Å². The maximum atomic E-state index is 13.2. The van der Waals surface area contributed by atoms with E-state index in [1.807, 2.05) is 6.92 Å². The van der Waals surface area contributed by atoms with Gasteiger partial charge in [0, 0.05) is 5.56 Å². The van der Waals surface area contributed by atoms with Gasteiger partial charge >= 0.3 is 12.1 Å². The number of anilines is 1. The van der Waals surface area contributed by atoms with E-state index in [2.05, 4.69) is 5.32 Å². The summed E-state index contributed by atoms with van der Waals surface area (Å²) in [6.45, 7) is 1.85. The normalized spacial score (nSPS) is 11.2. The van der Waals surface area contributed by atoms with Crippen LogP contribution in [0.25, 0.3) is 0 Å². The second-order valence-electron chi connectivity index (χ2n) is 6.03. The number of hydrogen-bond donors (Lipinski definition) is 2. The molecule has 0 aliphatic carbocycles. The van der Waals surface area contributed by atoms with Gasteiger partial charge in [0.15, 0.2) is 0 Å². The van der Waals surface area contributed by atoms with Gasteiger partial charge in [-0.05, 0) is 37.3 Å². The highest BCUT2D eigenvalue weighted by molar-refractivity contribution is 7.16. The number of hydrogen-bond acceptors (Lipinski definition) is 4. The average molecular weight is 421 g/mol. The lowest BCUT2D eigenvalue weighted by atomic mass is 10.1. The van der Waals surface area contributed by atoms with E-state index in [1.54, 1.807) is 24.3 Å². The van der Waals surface area contributed by atoms with Crippen LogP contribution in [-0.4, -0.2) is 17.0 Å². The number of alkyl halides is 3. The molecule has 3 rings (SSSR count). The number of para-hydroxylation sites is 1. The average Bonchev–Trinajstić information content (AvgIpc) is 3.04. The number of amides is 1. The summed E-state index contributed by atoms with van der Waals surface area (Å²) in [6, 6.07) is 12.3. The zero-order chi connectivity index (χ0) is 21.2. The smallest absolute Gasteiger partial charge is 0.419 e. The molecule has 0 saturated carbocycles. The molecule has 150 valence electrons. The lowest BCUT2D eigenvalue weighted by Crippen LogP contribution is -2.12. The van der Waals surface area contributed by atoms with Crippen LogP contribution in [0, 0.1) is 6.92 Å². The minimum absolute atomic E-state index is 0.0325. The zero-order valence-electron chi connectivity index (χ0n) is 14.9. The first-order valence-corrected chi connectivity index (χ1v) is 9.06. The van der Waals surface area contributed by atoms with Crippen molar-refractivity contribution in [2.75, 3.05) is 5.32 Å². The first kappa shape index (κ1) is 20.4. The van der Waals surface area contributed by atoms with Crippen molar-refractivity contribution in [1.29, 1.82) is 0 Å². The van der Waals surface area contributed by atoms with Crippen molar-refractivity contribution in [3.8, 4) is 10.8 Å². The van der Waals surface area contributed by atoms with Crippen LogP contribution in [0.5, 0.6) is 10.8 Å². The molecule has 0 fully saturated rings. The molecule has 0 spiro atoms. The summed E-state index contributed by atoms with van der Waals surface area (Å²) >= 11 is 0.618. The summed E-state index contributed by atoms with van der Waals surface area (Å²) in [5.74, 6) is -2.34. The molecule has 2 aromatic carbocycles. The summed E-state index contributed by atoms with van der Waals surface area (Å²) < 4.78 is 45.0. The SMILES string of the molecule is Cc1ccc(C(=O)Nc2cc(C(=O)O)sc2Oc2ccccc2C(F)(F)F)cc1. The van der Waals surface area contributed by atoms with Gasteiger partial charge < -0.3 is 15.2 Å². The molecule has 0 bridgehead atoms. The quantitative estimate of drug-likeness (QED) is 0.545. The van der Waals surface area contributed by atoms with Crippen LogP contribution in [0.15, 0.2) is 54.6 Å². The monoisotopic (exact) mass is 421 g/mol. The van der Waals surface area contributed by atoms with Gasteiger partial charge in [0.2, 0.25) is 5.06 Å². The lowest BCUT2D eigenvalue weighted by molar-refractivity contribution is -0.138. The topological polar surface area (TPSA) is 75.6 Å². The summed E-state index contributed by atoms with van der Waals surface area (Å²) in [7, 11) is 0. The van der Waals surface area contributed by atoms with Crippen LogP contribution in [0.1, 0.15) is 31.2 Å². The van der Waals surface area contributed by atoms with E-state index in [1.165, 1.54) is 12.1 Å². The third kappa shape index (κ3) is 4.75. The molecule has 0 aliphatic rings. The minimum atomic E-state index is -4.66. The Labute approximate surface area is 167 Å². The molecule has 0 saturated heterocycles. The minimum Gasteiger partial charge on any atom is -0.477 e. The third-order valence-electron chi connectivity index (χ3n) is 3.87. The highest BCUT2D eigenvalue weighted by atomic mass is 32.1. The maximum absolute atomic E-state index is 13.2. The van der Waals surface area contributed by atoms with Gasteiger partial charge in [-0.2, -0.15) is 13.2 Å². The summed E-state index contributed by atoms with van der Waals surface area (Å²) in [5, 5.41) is 11.6. The van der Waals surface area contributed by atoms with E-state index < -0.39 is 29.4 Å². The molecule has 9 heteroatoms. The summed E-state index contributed by atoms with van der Waals surface area (Å²) in [5.41, 5.74) is 0.203. The van der Waals surface area contributed by atoms with Gasteiger partial charge in [-0.1, -0.05) is 41.2 Å². The van der Waals surface area contributed by atoms with E-state index >= 15 is 0 Å². The molecule has 1 aromatic heterocycles. The van der Waals surface area contributed by atoms with E-state index in [0.717, 1.165) is 23.8 Å². The Hall–Kier alpha value is -3.33. The van der Waals surface area contributed by atoms with E-state index in [-0.39, 0.29) is 15.6 Å². The standard InChI is InChI=1S/C20H14F3NO4S/c1-11-6-8-12(9-7-11)17(25)24-14-10-16(18(26)27)29-19(14)28-15-5-3-2-4-13(15)20(21,22)23/h2-10H,1H3,(H,24,25)(H,26,27). The van der Waals surface area contributed by atoms with Gasteiger partial charge in [0.25, 0.3) is 5.91 Å². The Kier molecular flexibility index (Phi) is 5.60. The number of carboxylic acids is 1. The number of benzene rings is 2. The number of nitrogens with one attached hydrogen (secondary N) is 1. The Bertz CT molecular complexity index is 1060. The molecule has 0 radical (unpaired) electrons. The molecule has 2 N–H and O–H groups in total. The second kappa shape index (κ2) is 7.96. The predicted octanol–water partition coefficient (Wildman–Crippen LogP) is 5.82. The van der Waals surface area contributed by atoms with E-state index in [4.69, 9.17) is 4.74 Å². The van der Waals surface area contributed by atoms with Gasteiger partial charge in [-0.3, -0.25) is 4.79 Å². The van der Waals surface area contributed by atoms with Gasteiger partial charge in [0.05, 0.1) is 11.3 Å². The Balaban J connectivity index is 1.95. The van der Waals surface area contributed by atoms with Crippen molar-refractivity contribution in [1.82, 2.24) is 0 Å². The van der Waals surface area contributed by atoms with Crippen molar-refractivity contribution in [3.05, 3.63) is 76.2 Å². The first-order valence-electron chi connectivity index (χ1n) is 8.24. The molecule has 3 aromatic rings. The highest BCUT2D eigenvalue weighted by Crippen LogP contribution is 2.43. The van der Waals surface area contributed by atoms with Crippen LogP contribution >= 0.6 is 11.3 Å². The number of carbonyl (C=O) groups excluding carboxylic acids is 1. The van der Waals surface area contributed by atoms with Crippen LogP contribution in [0.4, 0.5) is 18.9 Å². The molecule has 5 nitrogen and oxygen atoms in total. The van der Waals surface area contributed by atoms with Crippen LogP contribution in [0.2, 0.25) is 0 Å². The molecule has 0 atom stereocenters. The molecule has 1 amide bonds. The number of halogens is 3. The van der Waals surface area contributed by atoms with Crippen LogP contribution < -0.4 is 10.1 Å². The summed E-state index contributed by atoms with van der Waals surface area (Å²) in [4.78, 5) is 23.6. The van der Waals surface area contributed by atoms with Crippen molar-refractivity contribution >= 4 is 28.9 Å². The molecule has 1 heterocycles. The van der Waals surface area contributed by atoms with Crippen molar-refractivity contribution in [2.45, 2.75) is 13.1 Å². The number of aromatic carboxylic acids is 1. The van der Waals surface area contributed by atoms with Crippen molar-refractivity contribution < 1.29 is 32.6 Å². The molecule has 0 aliphatic heterocycles. The van der Waals surface area contributed by atoms with E-state index in [9.17, 15) is 27.9 Å². The first-order chi connectivity index (χ1) is 13.6. The predicted molar refractivity (Wildman–Crippen MR) is 102 cm³/mol. The van der Waals surface area contributed by atoms with E-state index in [0.29, 0.717) is 16.9 Å². The number of aryl methyl sites for hydroxylation is 1. The molecule has 29 heavy (non-hydrogen) atoms. The number of rotatable bonds is 5. The maximum Gasteiger partial charge on any atom is 0.419 e. The number of thiophene rings is 1. The van der Waals surface area contributed by atoms with Gasteiger partial charge in [-0.25, -0.2) is 4.79 Å². The summed E-state index contributed by atoms with van der Waals surface area (Å²) in [6.07, 6.45) is -4.66. The fraction of sp³-hybridized carbons (Fsp3) is 0.100. The Morgan fingerprint density at radius 3 is 2.34 bits per heavy atom. The number of carbonyl (C=O) groups is 2. The van der Waals surface area contributed by atoms with Crippen LogP contribution in [-0.2, 0) is 6.18 Å². The molecular formula is C20H14F3NO4S. The largest absolute Gasteiger partial charge is 0.477 e. The van der Waals surface area contributed by atoms with Gasteiger partial charge in [0.1, 0.15) is 10.6 Å². The number of ether oxygens (including phenoxy) is 1. The Morgan fingerprint density at radius 1 is 1.07 bits per heavy atom. The fourth-order valence-corrected chi connectivity index (χ4v) is 3.25. The number of carboxylic acid groups (broad SMARTS) is 1. The lowest BCUT2D eigenvalue weighted by Gasteiger charge is -2.13. The van der Waals surface area contributed by atoms with Crippen molar-refractivity contribution in [2.24, 2.45) is 0 Å². The Morgan fingerprint density at radius 2 is 1.72 bits per heavy atom. The zero-order valence-corrected chi connectivity index (χ0v) is 15.7. The highest BCUT2D eigenvalue weighted by Gasteiger charge is 2.34. The second-order valence-corrected chi connectivity index (χ2v) is 7.05. The van der Waals surface area contributed by atoms with Crippen molar-refractivity contribution in [3.63, 3.8) is 0 Å². The molecular weight excluding hydrogens is 407 g/mol. The third-order valence-corrected chi connectivity index (χ3v) is 4.87. The molecule has 0 unspecified atom stereocenters.